The van der Waals surface area contributed by atoms with Gasteiger partial charge in [-0.2, -0.15) is 0 Å². The Bertz CT molecular complexity index is 1660. The minimum Gasteiger partial charge on any atom is -0.349 e. The zero-order valence-corrected chi connectivity index (χ0v) is 22.6. The number of aromatic amines is 1. The predicted octanol–water partition coefficient (Wildman–Crippen LogP) is 4.77. The number of H-pyrrole nitrogens is 1. The first-order valence-electron chi connectivity index (χ1n) is 13.2. The molecule has 0 atom stereocenters. The summed E-state index contributed by atoms with van der Waals surface area (Å²) in [5.41, 5.74) is 2.91. The largest absolute Gasteiger partial charge is 0.349 e. The molecule has 0 radical (unpaired) electrons. The van der Waals surface area contributed by atoms with Gasteiger partial charge >= 0.3 is 0 Å². The summed E-state index contributed by atoms with van der Waals surface area (Å²) in [6.07, 6.45) is 5.71. The first-order chi connectivity index (χ1) is 20.5. The van der Waals surface area contributed by atoms with Crippen LogP contribution in [0.3, 0.4) is 0 Å². The van der Waals surface area contributed by atoms with Crippen molar-refractivity contribution in [3.05, 3.63) is 103 Å². The molecule has 0 aliphatic carbocycles. The molecule has 1 saturated heterocycles. The van der Waals surface area contributed by atoms with Gasteiger partial charge in [0, 0.05) is 36.0 Å². The van der Waals surface area contributed by atoms with Gasteiger partial charge in [0.25, 0.3) is 0 Å². The van der Waals surface area contributed by atoms with Crippen LogP contribution in [0.5, 0.6) is 0 Å². The molecular weight excluding hydrogens is 539 g/mol. The van der Waals surface area contributed by atoms with E-state index >= 15 is 0 Å². The van der Waals surface area contributed by atoms with Crippen molar-refractivity contribution in [1.82, 2.24) is 29.9 Å². The predicted molar refractivity (Wildman–Crippen MR) is 152 cm³/mol. The number of carbonyl (C=O) groups excluding carboxylic acids is 1. The van der Waals surface area contributed by atoms with E-state index in [0.717, 1.165) is 5.69 Å². The van der Waals surface area contributed by atoms with Gasteiger partial charge in [0.2, 0.25) is 18.1 Å². The Morgan fingerprint density at radius 3 is 2.50 bits per heavy atom. The third-order valence-corrected chi connectivity index (χ3v) is 6.72. The minimum atomic E-state index is -0.921. The van der Waals surface area contributed by atoms with Crippen LogP contribution in [0.15, 0.2) is 85.5 Å². The molecule has 6 rings (SSSR count). The number of amides is 1. The molecule has 1 amide bonds. The lowest BCUT2D eigenvalue weighted by molar-refractivity contribution is -0.229. The summed E-state index contributed by atoms with van der Waals surface area (Å²) in [4.78, 5) is 38.3. The number of aromatic nitrogens is 6. The normalized spacial score (nSPS) is 18.4. The number of nitrogens with zero attached hydrogens (tertiary/aromatic N) is 5. The maximum Gasteiger partial charge on any atom is 0.235 e. The van der Waals surface area contributed by atoms with Crippen LogP contribution in [0.25, 0.3) is 22.6 Å². The number of rotatable bonds is 8. The number of hydrogen-bond donors (Lipinski definition) is 3. The van der Waals surface area contributed by atoms with E-state index in [1.807, 2.05) is 18.2 Å². The number of halogens is 1. The smallest absolute Gasteiger partial charge is 0.235 e. The van der Waals surface area contributed by atoms with Crippen molar-refractivity contribution >= 4 is 17.5 Å². The van der Waals surface area contributed by atoms with Crippen molar-refractivity contribution in [2.45, 2.75) is 19.8 Å². The number of benzene rings is 1. The van der Waals surface area contributed by atoms with Crippen molar-refractivity contribution in [2.75, 3.05) is 23.8 Å². The molecule has 3 N–H and O–H groups in total. The molecule has 0 unspecified atom stereocenters. The van der Waals surface area contributed by atoms with E-state index in [1.54, 1.807) is 62.0 Å². The fourth-order valence-electron chi connectivity index (χ4n) is 4.38. The van der Waals surface area contributed by atoms with Crippen LogP contribution in [-0.4, -0.2) is 49.0 Å². The third kappa shape index (κ3) is 5.99. The molecule has 12 heteroatoms. The van der Waals surface area contributed by atoms with Crippen molar-refractivity contribution in [1.29, 1.82) is 0 Å². The van der Waals surface area contributed by atoms with Crippen LogP contribution < -0.4 is 10.6 Å². The van der Waals surface area contributed by atoms with Crippen molar-refractivity contribution in [3.8, 4) is 22.6 Å². The summed E-state index contributed by atoms with van der Waals surface area (Å²) in [5, 5.41) is 6.06. The number of carbonyl (C=O) groups is 1. The Morgan fingerprint density at radius 1 is 0.976 bits per heavy atom. The zero-order chi connectivity index (χ0) is 28.9. The second-order valence-corrected chi connectivity index (χ2v) is 10.00. The number of nitrogens with one attached hydrogen (secondary N) is 3. The molecule has 5 aromatic rings. The van der Waals surface area contributed by atoms with Crippen LogP contribution in [0.1, 0.15) is 24.7 Å². The number of ether oxygens (including phenoxy) is 2. The van der Waals surface area contributed by atoms with E-state index in [0.29, 0.717) is 46.7 Å². The van der Waals surface area contributed by atoms with Crippen LogP contribution in [-0.2, 0) is 20.8 Å². The molecule has 4 aromatic heterocycles. The average Bonchev–Trinajstić information content (AvgIpc) is 3.47. The van der Waals surface area contributed by atoms with E-state index in [9.17, 15) is 9.18 Å². The molecule has 0 saturated carbocycles. The molecule has 1 fully saturated rings. The molecule has 1 aliphatic rings. The summed E-state index contributed by atoms with van der Waals surface area (Å²) >= 11 is 0. The topological polar surface area (TPSA) is 140 Å². The highest BCUT2D eigenvalue weighted by Gasteiger charge is 2.41. The first kappa shape index (κ1) is 27.1. The Hall–Kier alpha value is -5.07. The standard InChI is InChI=1S/C30H27FN8O3/c1-30(28(40)36-21-9-13-32-14-10-21)17-41-27(42-18-30)26-38-24(19-5-7-20(31)8-6-19)25(39-26)23-11-15-34-29(37-23)35-16-22-4-2-3-12-33-22/h2-15,27H,16-18H2,1H3,(H,38,39)(H,32,36,40)(H,34,35,37). The van der Waals surface area contributed by atoms with Gasteiger partial charge in [0.15, 0.2) is 5.82 Å². The van der Waals surface area contributed by atoms with Gasteiger partial charge in [-0.15, -0.1) is 0 Å². The van der Waals surface area contributed by atoms with E-state index in [4.69, 9.17) is 14.5 Å². The summed E-state index contributed by atoms with van der Waals surface area (Å²) in [6.45, 7) is 2.43. The summed E-state index contributed by atoms with van der Waals surface area (Å²) in [6, 6.07) is 16.9. The molecule has 1 aromatic carbocycles. The third-order valence-electron chi connectivity index (χ3n) is 6.72. The van der Waals surface area contributed by atoms with Crippen molar-refractivity contribution in [3.63, 3.8) is 0 Å². The van der Waals surface area contributed by atoms with Gasteiger partial charge in [-0.25, -0.2) is 19.3 Å². The van der Waals surface area contributed by atoms with E-state index < -0.39 is 11.7 Å². The Labute approximate surface area is 240 Å². The van der Waals surface area contributed by atoms with Crippen LogP contribution in [0, 0.1) is 11.2 Å². The highest BCUT2D eigenvalue weighted by atomic mass is 19.1. The van der Waals surface area contributed by atoms with Gasteiger partial charge in [-0.1, -0.05) is 6.07 Å². The van der Waals surface area contributed by atoms with Crippen LogP contribution in [0.2, 0.25) is 0 Å². The number of hydrogen-bond acceptors (Lipinski definition) is 9. The molecule has 1 aliphatic heterocycles. The summed E-state index contributed by atoms with van der Waals surface area (Å²) < 4.78 is 25.8. The lowest BCUT2D eigenvalue weighted by Gasteiger charge is -2.35. The molecule has 212 valence electrons. The Morgan fingerprint density at radius 2 is 1.76 bits per heavy atom. The fraction of sp³-hybridized carbons (Fsp3) is 0.200. The maximum absolute atomic E-state index is 13.7. The Balaban J connectivity index is 1.24. The van der Waals surface area contributed by atoms with Gasteiger partial charge in [0.1, 0.15) is 5.82 Å². The minimum absolute atomic E-state index is 0.103. The summed E-state index contributed by atoms with van der Waals surface area (Å²) in [5.74, 6) is 0.205. The van der Waals surface area contributed by atoms with E-state index in [-0.39, 0.29) is 24.9 Å². The highest BCUT2D eigenvalue weighted by molar-refractivity contribution is 5.95. The number of pyridine rings is 2. The summed E-state index contributed by atoms with van der Waals surface area (Å²) in [7, 11) is 0. The SMILES string of the molecule is CC1(C(=O)Nc2ccncc2)COC(c2nc(-c3ccc(F)cc3)c(-c3ccnc(NCc4ccccn4)n3)[nH]2)OC1. The van der Waals surface area contributed by atoms with Crippen LogP contribution in [0.4, 0.5) is 16.0 Å². The van der Waals surface area contributed by atoms with E-state index in [2.05, 4.69) is 35.6 Å². The molecule has 0 spiro atoms. The van der Waals surface area contributed by atoms with Crippen LogP contribution >= 0.6 is 0 Å². The number of anilines is 2. The van der Waals surface area contributed by atoms with E-state index in [1.165, 1.54) is 12.1 Å². The zero-order valence-electron chi connectivity index (χ0n) is 22.6. The lowest BCUT2D eigenvalue weighted by Crippen LogP contribution is -2.45. The monoisotopic (exact) mass is 566 g/mol. The maximum atomic E-state index is 13.7. The molecule has 5 heterocycles. The second kappa shape index (κ2) is 11.8. The van der Waals surface area contributed by atoms with Crippen molar-refractivity contribution in [2.24, 2.45) is 5.41 Å². The Kier molecular flexibility index (Phi) is 7.62. The molecule has 11 nitrogen and oxygen atoms in total. The molecular formula is C30H27FN8O3. The first-order valence-corrected chi connectivity index (χ1v) is 13.2. The van der Waals surface area contributed by atoms with Gasteiger partial charge in [0.05, 0.1) is 47.9 Å². The second-order valence-electron chi connectivity index (χ2n) is 10.00. The highest BCUT2D eigenvalue weighted by Crippen LogP contribution is 2.36. The fourth-order valence-corrected chi connectivity index (χ4v) is 4.38. The van der Waals surface area contributed by atoms with Gasteiger partial charge in [-0.3, -0.25) is 14.8 Å². The van der Waals surface area contributed by atoms with Crippen molar-refractivity contribution < 1.29 is 18.7 Å². The average molecular weight is 567 g/mol. The molecule has 0 bridgehead atoms. The van der Waals surface area contributed by atoms with Gasteiger partial charge in [-0.05, 0) is 61.5 Å². The van der Waals surface area contributed by atoms with Gasteiger partial charge < -0.3 is 25.1 Å². The lowest BCUT2D eigenvalue weighted by atomic mass is 9.91. The molecule has 42 heavy (non-hydrogen) atoms. The number of imidazole rings is 1. The quantitative estimate of drug-likeness (QED) is 0.242.